The molecule has 32 heavy (non-hydrogen) atoms. The topological polar surface area (TPSA) is 95.8 Å². The molecule has 1 atom stereocenters. The molecule has 2 aromatic rings. The molecule has 1 N–H and O–H groups in total. The van der Waals surface area contributed by atoms with Crippen molar-refractivity contribution >= 4 is 23.2 Å². The first-order valence-electron chi connectivity index (χ1n) is 10.9. The molecule has 1 aliphatic heterocycles. The van der Waals surface area contributed by atoms with Gasteiger partial charge in [0, 0.05) is 37.8 Å². The first-order chi connectivity index (χ1) is 15.3. The molecule has 0 saturated carbocycles. The number of amides is 2. The maximum atomic E-state index is 13.3. The molecule has 8 nitrogen and oxygen atoms in total. The Labute approximate surface area is 188 Å². The van der Waals surface area contributed by atoms with Gasteiger partial charge in [0.05, 0.1) is 4.92 Å². The van der Waals surface area contributed by atoms with E-state index in [1.54, 1.807) is 29.2 Å². The van der Waals surface area contributed by atoms with Gasteiger partial charge in [0.1, 0.15) is 11.7 Å². The smallest absolute Gasteiger partial charge is 0.292 e. The van der Waals surface area contributed by atoms with Crippen molar-refractivity contribution in [2.24, 2.45) is 5.92 Å². The second-order valence-corrected chi connectivity index (χ2v) is 8.53. The van der Waals surface area contributed by atoms with E-state index in [0.717, 1.165) is 5.56 Å². The highest BCUT2D eigenvalue weighted by atomic mass is 16.6. The summed E-state index contributed by atoms with van der Waals surface area (Å²) in [7, 11) is 0. The average Bonchev–Trinajstić information content (AvgIpc) is 2.78. The van der Waals surface area contributed by atoms with Crippen LogP contribution in [0.3, 0.4) is 0 Å². The first kappa shape index (κ1) is 23.2. The quantitative estimate of drug-likeness (QED) is 0.528. The highest BCUT2D eigenvalue weighted by Gasteiger charge is 2.31. The van der Waals surface area contributed by atoms with Crippen molar-refractivity contribution in [2.75, 3.05) is 31.1 Å². The summed E-state index contributed by atoms with van der Waals surface area (Å²) in [6.45, 7) is 7.79. The van der Waals surface area contributed by atoms with Crippen LogP contribution in [0.1, 0.15) is 36.2 Å². The number of aryl methyl sites for hydroxylation is 1. The molecule has 1 unspecified atom stereocenters. The number of hydrogen-bond acceptors (Lipinski definition) is 5. The highest BCUT2D eigenvalue weighted by Crippen LogP contribution is 2.28. The molecular weight excluding hydrogens is 408 g/mol. The number of anilines is 1. The third-order valence-corrected chi connectivity index (χ3v) is 5.71. The Hall–Kier alpha value is -3.42. The molecule has 8 heteroatoms. The lowest BCUT2D eigenvalue weighted by molar-refractivity contribution is -0.384. The van der Waals surface area contributed by atoms with Gasteiger partial charge < -0.3 is 15.1 Å². The number of nitro benzene ring substituents is 1. The van der Waals surface area contributed by atoms with Gasteiger partial charge in [-0.15, -0.1) is 0 Å². The predicted octanol–water partition coefficient (Wildman–Crippen LogP) is 3.40. The fourth-order valence-corrected chi connectivity index (χ4v) is 4.03. The highest BCUT2D eigenvalue weighted by molar-refractivity contribution is 5.98. The van der Waals surface area contributed by atoms with Crippen molar-refractivity contribution < 1.29 is 14.5 Å². The summed E-state index contributed by atoms with van der Waals surface area (Å²) in [5.41, 5.74) is 2.06. The summed E-state index contributed by atoms with van der Waals surface area (Å²) in [5, 5.41) is 14.3. The van der Waals surface area contributed by atoms with Crippen molar-refractivity contribution in [3.63, 3.8) is 0 Å². The summed E-state index contributed by atoms with van der Waals surface area (Å²) in [5.74, 6) is -0.127. The minimum atomic E-state index is -0.611. The van der Waals surface area contributed by atoms with Gasteiger partial charge in [-0.1, -0.05) is 44.2 Å². The zero-order chi connectivity index (χ0) is 23.3. The Morgan fingerprint density at radius 3 is 2.28 bits per heavy atom. The van der Waals surface area contributed by atoms with Crippen LogP contribution in [-0.2, 0) is 4.79 Å². The number of nitrogens with one attached hydrogen (secondary N) is 1. The Balaban J connectivity index is 1.68. The van der Waals surface area contributed by atoms with Gasteiger partial charge in [0.15, 0.2) is 0 Å². The molecule has 0 radical (unpaired) electrons. The van der Waals surface area contributed by atoms with Crippen LogP contribution in [0.4, 0.5) is 11.4 Å². The van der Waals surface area contributed by atoms with Gasteiger partial charge in [-0.3, -0.25) is 19.7 Å². The third kappa shape index (κ3) is 5.43. The molecular formula is C24H30N4O4. The Bertz CT molecular complexity index is 983. The molecule has 0 bridgehead atoms. The number of rotatable bonds is 7. The Morgan fingerprint density at radius 1 is 1.03 bits per heavy atom. The van der Waals surface area contributed by atoms with Gasteiger partial charge in [-0.25, -0.2) is 0 Å². The normalized spacial score (nSPS) is 14.9. The maximum Gasteiger partial charge on any atom is 0.292 e. The summed E-state index contributed by atoms with van der Waals surface area (Å²) >= 11 is 0. The van der Waals surface area contributed by atoms with Crippen LogP contribution in [0.25, 0.3) is 0 Å². The van der Waals surface area contributed by atoms with E-state index < -0.39 is 6.04 Å². The maximum absolute atomic E-state index is 13.3. The number of carbonyl (C=O) groups is 2. The molecule has 0 spiro atoms. The van der Waals surface area contributed by atoms with E-state index >= 15 is 0 Å². The van der Waals surface area contributed by atoms with Crippen LogP contribution in [-0.4, -0.2) is 53.9 Å². The predicted molar refractivity (Wildman–Crippen MR) is 124 cm³/mol. The number of piperazine rings is 1. The Kier molecular flexibility index (Phi) is 7.45. The lowest BCUT2D eigenvalue weighted by atomic mass is 10.0. The standard InChI is InChI=1S/C24H30N4O4/c1-17(2)16-20(25-23(29)19-9-5-4-8-18(19)3)24(30)27-14-12-26(13-15-27)21-10-6-7-11-22(21)28(31)32/h4-11,17,20H,12-16H2,1-3H3,(H,25,29). The molecule has 1 heterocycles. The number of para-hydroxylation sites is 2. The molecule has 2 amide bonds. The van der Waals surface area contributed by atoms with Crippen LogP contribution in [0.5, 0.6) is 0 Å². The first-order valence-corrected chi connectivity index (χ1v) is 10.9. The van der Waals surface area contributed by atoms with Crippen LogP contribution < -0.4 is 10.2 Å². The Morgan fingerprint density at radius 2 is 1.66 bits per heavy atom. The van der Waals surface area contributed by atoms with Crippen LogP contribution in [0.2, 0.25) is 0 Å². The van der Waals surface area contributed by atoms with Gasteiger partial charge in [0.25, 0.3) is 11.6 Å². The van der Waals surface area contributed by atoms with E-state index in [-0.39, 0.29) is 28.3 Å². The zero-order valence-electron chi connectivity index (χ0n) is 18.8. The molecule has 0 aliphatic carbocycles. The van der Waals surface area contributed by atoms with Gasteiger partial charge in [-0.2, -0.15) is 0 Å². The second-order valence-electron chi connectivity index (χ2n) is 8.53. The van der Waals surface area contributed by atoms with Crippen LogP contribution >= 0.6 is 0 Å². The van der Waals surface area contributed by atoms with Crippen molar-refractivity contribution in [1.29, 1.82) is 0 Å². The van der Waals surface area contributed by atoms with Crippen molar-refractivity contribution in [3.05, 3.63) is 69.8 Å². The number of benzene rings is 2. The largest absolute Gasteiger partial charge is 0.362 e. The summed E-state index contributed by atoms with van der Waals surface area (Å²) < 4.78 is 0. The SMILES string of the molecule is Cc1ccccc1C(=O)NC(CC(C)C)C(=O)N1CCN(c2ccccc2[N+](=O)[O-])CC1. The minimum absolute atomic E-state index is 0.0652. The van der Waals surface area contributed by atoms with Crippen LogP contribution in [0.15, 0.2) is 48.5 Å². The number of hydrogen-bond donors (Lipinski definition) is 1. The van der Waals surface area contributed by atoms with Crippen LogP contribution in [0, 0.1) is 23.0 Å². The van der Waals surface area contributed by atoms with Gasteiger partial charge in [0.2, 0.25) is 5.91 Å². The molecule has 170 valence electrons. The van der Waals surface area contributed by atoms with Gasteiger partial charge >= 0.3 is 0 Å². The lowest BCUT2D eigenvalue weighted by Crippen LogP contribution is -2.55. The number of nitro groups is 1. The number of carbonyl (C=O) groups excluding carboxylic acids is 2. The number of nitrogens with zero attached hydrogens (tertiary/aromatic N) is 3. The molecule has 1 aliphatic rings. The lowest BCUT2D eigenvalue weighted by Gasteiger charge is -2.37. The zero-order valence-corrected chi connectivity index (χ0v) is 18.8. The van der Waals surface area contributed by atoms with E-state index in [0.29, 0.717) is 43.9 Å². The molecule has 2 aromatic carbocycles. The minimum Gasteiger partial charge on any atom is -0.362 e. The molecule has 3 rings (SSSR count). The van der Waals surface area contributed by atoms with E-state index in [4.69, 9.17) is 0 Å². The molecule has 0 aromatic heterocycles. The molecule has 1 saturated heterocycles. The fourth-order valence-electron chi connectivity index (χ4n) is 4.03. The van der Waals surface area contributed by atoms with E-state index in [1.165, 1.54) is 6.07 Å². The summed E-state index contributed by atoms with van der Waals surface area (Å²) in [6, 6.07) is 13.4. The average molecular weight is 439 g/mol. The van der Waals surface area contributed by atoms with Crippen molar-refractivity contribution in [2.45, 2.75) is 33.2 Å². The third-order valence-electron chi connectivity index (χ3n) is 5.71. The fraction of sp³-hybridized carbons (Fsp3) is 0.417. The van der Waals surface area contributed by atoms with E-state index in [2.05, 4.69) is 5.32 Å². The summed E-state index contributed by atoms with van der Waals surface area (Å²) in [4.78, 5) is 40.8. The van der Waals surface area contributed by atoms with Gasteiger partial charge in [-0.05, 0) is 37.0 Å². The van der Waals surface area contributed by atoms with Crippen molar-refractivity contribution in [3.8, 4) is 0 Å². The second kappa shape index (κ2) is 10.3. The van der Waals surface area contributed by atoms with E-state index in [9.17, 15) is 19.7 Å². The van der Waals surface area contributed by atoms with E-state index in [1.807, 2.05) is 43.9 Å². The summed E-state index contributed by atoms with van der Waals surface area (Å²) in [6.07, 6.45) is 0.542. The van der Waals surface area contributed by atoms with Crippen molar-refractivity contribution in [1.82, 2.24) is 10.2 Å². The molecule has 1 fully saturated rings. The monoisotopic (exact) mass is 438 g/mol.